The molecule has 0 unspecified atom stereocenters. The molecule has 3 rings (SSSR count). The number of aryl methyl sites for hydroxylation is 1. The predicted octanol–water partition coefficient (Wildman–Crippen LogP) is 3.60. The molecule has 23 heavy (non-hydrogen) atoms. The molecule has 0 saturated carbocycles. The molecule has 5 heteroatoms. The number of hydrogen-bond donors (Lipinski definition) is 1. The highest BCUT2D eigenvalue weighted by molar-refractivity contribution is 6.30. The van der Waals surface area contributed by atoms with E-state index in [2.05, 4.69) is 5.32 Å². The first kappa shape index (κ1) is 15.3. The summed E-state index contributed by atoms with van der Waals surface area (Å²) in [6.45, 7) is 1.83. The zero-order valence-corrected chi connectivity index (χ0v) is 13.3. The fourth-order valence-electron chi connectivity index (χ4n) is 2.47. The van der Waals surface area contributed by atoms with Gasteiger partial charge >= 0.3 is 0 Å². The summed E-state index contributed by atoms with van der Waals surface area (Å²) in [4.78, 5) is 24.6. The number of pyridine rings is 1. The van der Waals surface area contributed by atoms with E-state index in [0.29, 0.717) is 16.1 Å². The highest BCUT2D eigenvalue weighted by Gasteiger charge is 2.08. The van der Waals surface area contributed by atoms with Gasteiger partial charge in [0, 0.05) is 22.3 Å². The Morgan fingerprint density at radius 1 is 1.17 bits per heavy atom. The number of fused-ring (bicyclic) bond motifs is 1. The molecule has 0 saturated heterocycles. The number of carbonyl (C=O) groups is 1. The summed E-state index contributed by atoms with van der Waals surface area (Å²) >= 11 is 5.90. The van der Waals surface area contributed by atoms with Gasteiger partial charge in [0.05, 0.1) is 0 Å². The van der Waals surface area contributed by atoms with E-state index in [9.17, 15) is 9.59 Å². The van der Waals surface area contributed by atoms with Crippen molar-refractivity contribution in [3.05, 3.63) is 75.7 Å². The molecule has 2 aromatic carbocycles. The fraction of sp³-hybridized carbons (Fsp3) is 0.111. The molecule has 0 aliphatic heterocycles. The van der Waals surface area contributed by atoms with Crippen LogP contribution in [0.1, 0.15) is 5.56 Å². The number of amides is 1. The molecule has 4 nitrogen and oxygen atoms in total. The SMILES string of the molecule is Cc1cc(Cl)ccc1NC(=O)Cn1ccc2ccccc2c1=O. The van der Waals surface area contributed by atoms with Crippen molar-refractivity contribution in [3.63, 3.8) is 0 Å². The first-order valence-corrected chi connectivity index (χ1v) is 7.56. The van der Waals surface area contributed by atoms with Crippen LogP contribution in [0.2, 0.25) is 5.02 Å². The predicted molar refractivity (Wildman–Crippen MR) is 93.0 cm³/mol. The van der Waals surface area contributed by atoms with E-state index in [4.69, 9.17) is 11.6 Å². The number of hydrogen-bond acceptors (Lipinski definition) is 2. The number of benzene rings is 2. The maximum Gasteiger partial charge on any atom is 0.258 e. The number of halogens is 1. The Morgan fingerprint density at radius 2 is 1.96 bits per heavy atom. The van der Waals surface area contributed by atoms with Crippen LogP contribution in [0.5, 0.6) is 0 Å². The van der Waals surface area contributed by atoms with Crippen LogP contribution in [0.15, 0.2) is 59.5 Å². The largest absolute Gasteiger partial charge is 0.324 e. The van der Waals surface area contributed by atoms with Crippen molar-refractivity contribution in [1.29, 1.82) is 0 Å². The smallest absolute Gasteiger partial charge is 0.258 e. The van der Waals surface area contributed by atoms with Crippen LogP contribution in [0.25, 0.3) is 10.8 Å². The van der Waals surface area contributed by atoms with Gasteiger partial charge in [-0.3, -0.25) is 9.59 Å². The first-order chi connectivity index (χ1) is 11.0. The van der Waals surface area contributed by atoms with Gasteiger partial charge in [-0.2, -0.15) is 0 Å². The summed E-state index contributed by atoms with van der Waals surface area (Å²) in [5.74, 6) is -0.257. The second-order valence-electron chi connectivity index (χ2n) is 5.34. The third-order valence-corrected chi connectivity index (χ3v) is 3.90. The van der Waals surface area contributed by atoms with Gasteiger partial charge in [0.15, 0.2) is 0 Å². The van der Waals surface area contributed by atoms with Crippen molar-refractivity contribution >= 4 is 34.0 Å². The zero-order chi connectivity index (χ0) is 16.4. The van der Waals surface area contributed by atoms with E-state index in [-0.39, 0.29) is 18.0 Å². The molecule has 1 heterocycles. The molecule has 1 N–H and O–H groups in total. The molecule has 116 valence electrons. The van der Waals surface area contributed by atoms with Crippen LogP contribution in [-0.2, 0) is 11.3 Å². The summed E-state index contributed by atoms with van der Waals surface area (Å²) in [6.07, 6.45) is 1.64. The number of anilines is 1. The van der Waals surface area contributed by atoms with Gasteiger partial charge in [0.1, 0.15) is 6.54 Å². The van der Waals surface area contributed by atoms with Crippen molar-refractivity contribution in [3.8, 4) is 0 Å². The van der Waals surface area contributed by atoms with E-state index < -0.39 is 0 Å². The summed E-state index contributed by atoms with van der Waals surface area (Å²) in [6, 6.07) is 14.4. The van der Waals surface area contributed by atoms with Crippen LogP contribution >= 0.6 is 11.6 Å². The van der Waals surface area contributed by atoms with Gasteiger partial charge in [0.2, 0.25) is 5.91 Å². The van der Waals surface area contributed by atoms with Crippen molar-refractivity contribution < 1.29 is 4.79 Å². The first-order valence-electron chi connectivity index (χ1n) is 7.19. The number of carbonyl (C=O) groups excluding carboxylic acids is 1. The second-order valence-corrected chi connectivity index (χ2v) is 5.78. The van der Waals surface area contributed by atoms with Crippen molar-refractivity contribution in [2.75, 3.05) is 5.32 Å². The minimum absolute atomic E-state index is 0.0360. The highest BCUT2D eigenvalue weighted by atomic mass is 35.5. The Bertz CT molecular complexity index is 947. The Kier molecular flexibility index (Phi) is 4.17. The van der Waals surface area contributed by atoms with Crippen LogP contribution in [0.3, 0.4) is 0 Å². The average molecular weight is 327 g/mol. The molecule has 0 fully saturated rings. The number of nitrogens with one attached hydrogen (secondary N) is 1. The topological polar surface area (TPSA) is 51.1 Å². The molecule has 3 aromatic rings. The summed E-state index contributed by atoms with van der Waals surface area (Å²) in [7, 11) is 0. The lowest BCUT2D eigenvalue weighted by atomic mass is 10.2. The molecule has 0 aliphatic carbocycles. The van der Waals surface area contributed by atoms with Gasteiger partial charge in [0.25, 0.3) is 5.56 Å². The van der Waals surface area contributed by atoms with Gasteiger partial charge in [-0.15, -0.1) is 0 Å². The van der Waals surface area contributed by atoms with E-state index in [0.717, 1.165) is 10.9 Å². The third-order valence-electron chi connectivity index (χ3n) is 3.66. The minimum atomic E-state index is -0.257. The summed E-state index contributed by atoms with van der Waals surface area (Å²) < 4.78 is 1.41. The molecule has 1 aromatic heterocycles. The molecular formula is C18H15ClN2O2. The molecule has 0 atom stereocenters. The Balaban J connectivity index is 1.83. The van der Waals surface area contributed by atoms with Gasteiger partial charge in [-0.1, -0.05) is 29.8 Å². The van der Waals surface area contributed by atoms with E-state index in [1.54, 1.807) is 30.5 Å². The monoisotopic (exact) mass is 326 g/mol. The van der Waals surface area contributed by atoms with E-state index >= 15 is 0 Å². The van der Waals surface area contributed by atoms with Crippen molar-refractivity contribution in [1.82, 2.24) is 4.57 Å². The van der Waals surface area contributed by atoms with Crippen LogP contribution in [0, 0.1) is 6.92 Å². The minimum Gasteiger partial charge on any atom is -0.324 e. The lowest BCUT2D eigenvalue weighted by Gasteiger charge is -2.10. The molecular weight excluding hydrogens is 312 g/mol. The second kappa shape index (κ2) is 6.26. The van der Waals surface area contributed by atoms with Crippen LogP contribution in [0.4, 0.5) is 5.69 Å². The highest BCUT2D eigenvalue weighted by Crippen LogP contribution is 2.19. The zero-order valence-electron chi connectivity index (χ0n) is 12.5. The third kappa shape index (κ3) is 3.27. The maximum atomic E-state index is 12.4. The van der Waals surface area contributed by atoms with Crippen LogP contribution < -0.4 is 10.9 Å². The van der Waals surface area contributed by atoms with Crippen molar-refractivity contribution in [2.45, 2.75) is 13.5 Å². The lowest BCUT2D eigenvalue weighted by molar-refractivity contribution is -0.116. The van der Waals surface area contributed by atoms with Crippen molar-refractivity contribution in [2.24, 2.45) is 0 Å². The molecule has 0 spiro atoms. The fourth-order valence-corrected chi connectivity index (χ4v) is 2.69. The van der Waals surface area contributed by atoms with E-state index in [1.807, 2.05) is 31.2 Å². The Hall–Kier alpha value is -2.59. The van der Waals surface area contributed by atoms with Gasteiger partial charge < -0.3 is 9.88 Å². The molecule has 0 aliphatic rings. The Labute approximate surface area is 138 Å². The number of nitrogens with zero attached hydrogens (tertiary/aromatic N) is 1. The van der Waals surface area contributed by atoms with Crippen LogP contribution in [-0.4, -0.2) is 10.5 Å². The Morgan fingerprint density at radius 3 is 2.74 bits per heavy atom. The maximum absolute atomic E-state index is 12.4. The number of rotatable bonds is 3. The average Bonchev–Trinajstić information content (AvgIpc) is 2.53. The summed E-state index contributed by atoms with van der Waals surface area (Å²) in [5.41, 5.74) is 1.39. The van der Waals surface area contributed by atoms with E-state index in [1.165, 1.54) is 4.57 Å². The number of aromatic nitrogens is 1. The normalized spacial score (nSPS) is 10.7. The van der Waals surface area contributed by atoms with Gasteiger partial charge in [-0.05, 0) is 48.2 Å². The lowest BCUT2D eigenvalue weighted by Crippen LogP contribution is -2.27. The summed E-state index contributed by atoms with van der Waals surface area (Å²) in [5, 5.41) is 4.89. The molecule has 0 radical (unpaired) electrons. The van der Waals surface area contributed by atoms with Gasteiger partial charge in [-0.25, -0.2) is 0 Å². The standard InChI is InChI=1S/C18H15ClN2O2/c1-12-10-14(19)6-7-16(12)20-17(22)11-21-9-8-13-4-2-3-5-15(13)18(21)23/h2-10H,11H2,1H3,(H,20,22). The molecule has 0 bridgehead atoms. The quantitative estimate of drug-likeness (QED) is 0.799. The molecule has 1 amide bonds.